The van der Waals surface area contributed by atoms with Gasteiger partial charge in [0.25, 0.3) is 6.43 Å². The Morgan fingerprint density at radius 1 is 1.26 bits per heavy atom. The van der Waals surface area contributed by atoms with Gasteiger partial charge in [0.15, 0.2) is 0 Å². The lowest BCUT2D eigenvalue weighted by molar-refractivity contribution is -0.129. The maximum Gasteiger partial charge on any atom is 0.416 e. The topological polar surface area (TPSA) is 71.5 Å². The predicted octanol–water partition coefficient (Wildman–Crippen LogP) is 2.91. The van der Waals surface area contributed by atoms with Crippen molar-refractivity contribution >= 4 is 17.8 Å². The molecule has 2 saturated heterocycles. The van der Waals surface area contributed by atoms with Gasteiger partial charge in [-0.15, -0.1) is 0 Å². The third-order valence-corrected chi connectivity index (χ3v) is 5.93. The first-order valence-corrected chi connectivity index (χ1v) is 9.52. The smallest absolute Gasteiger partial charge is 0.416 e. The third kappa shape index (κ3) is 3.61. The second-order valence-electron chi connectivity index (χ2n) is 7.67. The number of hydrogen-bond acceptors (Lipinski definition) is 4. The predicted molar refractivity (Wildman–Crippen MR) is 93.6 cm³/mol. The Hall–Kier alpha value is -2.25. The van der Waals surface area contributed by atoms with Crippen LogP contribution in [-0.2, 0) is 16.0 Å². The van der Waals surface area contributed by atoms with E-state index in [1.165, 1.54) is 12.8 Å². The molecule has 1 aromatic rings. The molecule has 1 aliphatic carbocycles. The summed E-state index contributed by atoms with van der Waals surface area (Å²) in [4.78, 5) is 29.2. The van der Waals surface area contributed by atoms with Crippen molar-refractivity contribution in [3.05, 3.63) is 23.9 Å². The minimum Gasteiger partial charge on any atom is -0.447 e. The first-order valence-electron chi connectivity index (χ1n) is 9.52. The summed E-state index contributed by atoms with van der Waals surface area (Å²) in [6.45, 7) is -0.343. The van der Waals surface area contributed by atoms with Crippen LogP contribution in [0.5, 0.6) is 0 Å². The van der Waals surface area contributed by atoms with Crippen LogP contribution in [0.3, 0.4) is 0 Å². The van der Waals surface area contributed by atoms with Gasteiger partial charge in [-0.05, 0) is 43.2 Å². The molecule has 0 bridgehead atoms. The Morgan fingerprint density at radius 2 is 2.07 bits per heavy atom. The van der Waals surface area contributed by atoms with E-state index in [0.29, 0.717) is 18.4 Å². The van der Waals surface area contributed by atoms with E-state index >= 15 is 0 Å². The number of rotatable bonds is 4. The van der Waals surface area contributed by atoms with E-state index in [-0.39, 0.29) is 24.2 Å². The maximum atomic E-state index is 13.1. The number of pyridine rings is 1. The Morgan fingerprint density at radius 3 is 2.81 bits per heavy atom. The molecule has 3 aliphatic rings. The molecule has 1 saturated carbocycles. The number of alkyl halides is 2. The van der Waals surface area contributed by atoms with Gasteiger partial charge < -0.3 is 10.1 Å². The number of aromatic nitrogens is 1. The summed E-state index contributed by atoms with van der Waals surface area (Å²) in [6.07, 6.45) is 4.11. The fraction of sp³-hybridized carbons (Fsp3) is 0.632. The van der Waals surface area contributed by atoms with Crippen molar-refractivity contribution in [2.24, 2.45) is 11.8 Å². The van der Waals surface area contributed by atoms with Crippen LogP contribution < -0.4 is 10.2 Å². The maximum absolute atomic E-state index is 13.1. The zero-order valence-corrected chi connectivity index (χ0v) is 14.9. The second-order valence-corrected chi connectivity index (χ2v) is 7.67. The number of fused-ring (bicyclic) bond motifs is 1. The Kier molecular flexibility index (Phi) is 4.97. The molecule has 4 rings (SSSR count). The monoisotopic (exact) mass is 379 g/mol. The Balaban J connectivity index is 1.43. The highest BCUT2D eigenvalue weighted by molar-refractivity contribution is 5.89. The van der Waals surface area contributed by atoms with Crippen LogP contribution >= 0.6 is 0 Å². The van der Waals surface area contributed by atoms with Crippen molar-refractivity contribution in [3.8, 4) is 0 Å². The molecule has 0 aromatic carbocycles. The first-order chi connectivity index (χ1) is 13.0. The van der Waals surface area contributed by atoms with Crippen LogP contribution in [0.2, 0.25) is 0 Å². The van der Waals surface area contributed by atoms with Gasteiger partial charge in [0.05, 0.1) is 0 Å². The van der Waals surface area contributed by atoms with E-state index in [0.717, 1.165) is 29.7 Å². The molecule has 146 valence electrons. The van der Waals surface area contributed by atoms with E-state index in [9.17, 15) is 18.4 Å². The minimum absolute atomic E-state index is 0.0862. The molecule has 6 nitrogen and oxygen atoms in total. The molecule has 3 fully saturated rings. The van der Waals surface area contributed by atoms with Crippen LogP contribution in [0.1, 0.15) is 37.7 Å². The molecule has 2 amide bonds. The molecule has 3 unspecified atom stereocenters. The first kappa shape index (κ1) is 18.1. The van der Waals surface area contributed by atoms with E-state index in [2.05, 4.69) is 10.3 Å². The number of nitrogens with one attached hydrogen (secondary N) is 1. The zero-order valence-electron chi connectivity index (χ0n) is 14.9. The van der Waals surface area contributed by atoms with Crippen molar-refractivity contribution in [1.82, 2.24) is 10.3 Å². The van der Waals surface area contributed by atoms with Gasteiger partial charge in [0.1, 0.15) is 18.5 Å². The van der Waals surface area contributed by atoms with Crippen molar-refractivity contribution < 1.29 is 23.1 Å². The molecule has 2 aliphatic heterocycles. The van der Waals surface area contributed by atoms with E-state index in [4.69, 9.17) is 4.74 Å². The van der Waals surface area contributed by atoms with E-state index in [1.807, 2.05) is 0 Å². The Bertz CT molecular complexity index is 713. The standard InChI is InChI=1S/C19H23F2N3O3/c20-17(21)15-10-27-19(26)24(15)16-6-5-11(9-22-16)7-13-8-12-3-1-2-4-14(12)23-18(13)25/h5-6,9,12-15,17H,1-4,7-8,10H2,(H,23,25)/t12?,13?,14?,15-/m1/s1. The molecule has 27 heavy (non-hydrogen) atoms. The minimum atomic E-state index is -2.70. The van der Waals surface area contributed by atoms with Crippen LogP contribution in [0.15, 0.2) is 18.3 Å². The molecule has 8 heteroatoms. The lowest BCUT2D eigenvalue weighted by atomic mass is 9.74. The normalized spacial score (nSPS) is 30.9. The van der Waals surface area contributed by atoms with Crippen LogP contribution in [0, 0.1) is 11.8 Å². The molecule has 1 aromatic heterocycles. The van der Waals surface area contributed by atoms with Gasteiger partial charge in [-0.3, -0.25) is 4.79 Å². The second kappa shape index (κ2) is 7.40. The quantitative estimate of drug-likeness (QED) is 0.873. The van der Waals surface area contributed by atoms with Gasteiger partial charge in [-0.2, -0.15) is 0 Å². The lowest BCUT2D eigenvalue weighted by Crippen LogP contribution is -2.51. The number of carbonyl (C=O) groups is 2. The van der Waals surface area contributed by atoms with Gasteiger partial charge in [-0.1, -0.05) is 18.9 Å². The average Bonchev–Trinajstić information content (AvgIpc) is 3.05. The number of anilines is 1. The highest BCUT2D eigenvalue weighted by atomic mass is 19.3. The summed E-state index contributed by atoms with van der Waals surface area (Å²) in [6, 6.07) is 2.29. The number of amides is 2. The van der Waals surface area contributed by atoms with Crippen molar-refractivity contribution in [2.45, 2.75) is 57.0 Å². The largest absolute Gasteiger partial charge is 0.447 e. The molecule has 0 radical (unpaired) electrons. The van der Waals surface area contributed by atoms with Crippen LogP contribution in [0.4, 0.5) is 19.4 Å². The zero-order chi connectivity index (χ0) is 19.0. The number of halogens is 2. The van der Waals surface area contributed by atoms with Gasteiger partial charge in [-0.25, -0.2) is 23.5 Å². The Labute approximate surface area is 156 Å². The summed E-state index contributed by atoms with van der Waals surface area (Å²) in [7, 11) is 0. The highest BCUT2D eigenvalue weighted by Crippen LogP contribution is 2.34. The van der Waals surface area contributed by atoms with E-state index < -0.39 is 18.6 Å². The molecular weight excluding hydrogens is 356 g/mol. The molecule has 0 spiro atoms. The average molecular weight is 379 g/mol. The number of hydrogen-bond donors (Lipinski definition) is 1. The lowest BCUT2D eigenvalue weighted by Gasteiger charge is -2.39. The SMILES string of the molecule is O=C1NC2CCCCC2CC1Cc1ccc(N2C(=O)OC[C@@H]2C(F)F)nc1. The van der Waals surface area contributed by atoms with Gasteiger partial charge >= 0.3 is 6.09 Å². The molecule has 4 atom stereocenters. The van der Waals surface area contributed by atoms with Crippen LogP contribution in [0.25, 0.3) is 0 Å². The number of nitrogens with zero attached hydrogens (tertiary/aromatic N) is 2. The summed E-state index contributed by atoms with van der Waals surface area (Å²) in [5.74, 6) is 0.678. The van der Waals surface area contributed by atoms with Crippen LogP contribution in [-0.4, -0.2) is 42.1 Å². The number of ether oxygens (including phenoxy) is 1. The molecule has 3 heterocycles. The van der Waals surface area contributed by atoms with Gasteiger partial charge in [0.2, 0.25) is 5.91 Å². The fourth-order valence-corrected chi connectivity index (χ4v) is 4.48. The summed E-state index contributed by atoms with van der Waals surface area (Å²) in [5, 5.41) is 3.16. The summed E-state index contributed by atoms with van der Waals surface area (Å²) >= 11 is 0. The van der Waals surface area contributed by atoms with E-state index in [1.54, 1.807) is 18.3 Å². The fourth-order valence-electron chi connectivity index (χ4n) is 4.48. The summed E-state index contributed by atoms with van der Waals surface area (Å²) in [5.41, 5.74) is 0.856. The van der Waals surface area contributed by atoms with Gasteiger partial charge in [0, 0.05) is 18.2 Å². The number of piperidine rings is 1. The highest BCUT2D eigenvalue weighted by Gasteiger charge is 2.41. The summed E-state index contributed by atoms with van der Waals surface area (Å²) < 4.78 is 30.9. The van der Waals surface area contributed by atoms with Crippen molar-refractivity contribution in [2.75, 3.05) is 11.5 Å². The number of carbonyl (C=O) groups excluding carboxylic acids is 2. The van der Waals surface area contributed by atoms with Crippen molar-refractivity contribution in [1.29, 1.82) is 0 Å². The molecular formula is C19H23F2N3O3. The number of cyclic esters (lactones) is 1. The van der Waals surface area contributed by atoms with Crippen molar-refractivity contribution in [3.63, 3.8) is 0 Å². The molecule has 1 N–H and O–H groups in total. The third-order valence-electron chi connectivity index (χ3n) is 5.93.